The molecule has 0 aliphatic rings. The van der Waals surface area contributed by atoms with Crippen LogP contribution in [0.4, 0.5) is 0 Å². The first-order chi connectivity index (χ1) is 5.36. The van der Waals surface area contributed by atoms with Gasteiger partial charge in [-0.1, -0.05) is 0 Å². The van der Waals surface area contributed by atoms with E-state index in [0.29, 0.717) is 11.2 Å². The van der Waals surface area contributed by atoms with E-state index in [1.807, 2.05) is 0 Å². The molecule has 0 saturated carbocycles. The van der Waals surface area contributed by atoms with Crippen molar-refractivity contribution in [1.82, 2.24) is 19.9 Å². The second kappa shape index (κ2) is 3.75. The predicted molar refractivity (Wildman–Crippen MR) is 36.9 cm³/mol. The van der Waals surface area contributed by atoms with Crippen molar-refractivity contribution < 1.29 is 29.6 Å². The largest absolute Gasteiger partial charge is 1.00 e. The molecule has 0 fully saturated rings. The summed E-state index contributed by atoms with van der Waals surface area (Å²) in [6.45, 7) is 0. The van der Waals surface area contributed by atoms with Crippen LogP contribution in [0.2, 0.25) is 0 Å². The second-order valence-electron chi connectivity index (χ2n) is 1.94. The van der Waals surface area contributed by atoms with Crippen LogP contribution in [0.15, 0.2) is 23.5 Å². The molecule has 54 valence electrons. The fraction of sp³-hybridized carbons (Fsp3) is 0. The minimum Gasteiger partial charge on any atom is -0.425 e. The zero-order valence-corrected chi connectivity index (χ0v) is 8.43. The molecular formula is C6H3N4NaO. The Morgan fingerprint density at radius 2 is 2.08 bits per heavy atom. The van der Waals surface area contributed by atoms with Crippen LogP contribution in [0.25, 0.3) is 11.2 Å². The van der Waals surface area contributed by atoms with Crippen molar-refractivity contribution in [3.8, 4) is 0 Å². The van der Waals surface area contributed by atoms with Gasteiger partial charge in [-0.2, -0.15) is 0 Å². The van der Waals surface area contributed by atoms with Crippen LogP contribution in [0.5, 0.6) is 0 Å². The van der Waals surface area contributed by atoms with Gasteiger partial charge >= 0.3 is 29.6 Å². The first-order valence-electron chi connectivity index (χ1n) is 2.96. The first kappa shape index (κ1) is 9.31. The number of hydrogen-bond acceptors (Lipinski definition) is 4. The van der Waals surface area contributed by atoms with Gasteiger partial charge in [0.15, 0.2) is 5.56 Å². The Hall–Kier alpha value is -0.780. The smallest absolute Gasteiger partial charge is 0.425 e. The van der Waals surface area contributed by atoms with Crippen LogP contribution in [-0.4, -0.2) is 15.0 Å². The number of nitrogens with zero attached hydrogens (tertiary/aromatic N) is 4. The Morgan fingerprint density at radius 1 is 1.25 bits per heavy atom. The molecule has 5 nitrogen and oxygen atoms in total. The predicted octanol–water partition coefficient (Wildman–Crippen LogP) is -3.65. The third-order valence-corrected chi connectivity index (χ3v) is 1.20. The monoisotopic (exact) mass is 170 g/mol. The Morgan fingerprint density at radius 3 is 2.92 bits per heavy atom. The van der Waals surface area contributed by atoms with Crippen molar-refractivity contribution in [1.29, 1.82) is 0 Å². The van der Waals surface area contributed by atoms with Crippen molar-refractivity contribution in [3.63, 3.8) is 0 Å². The van der Waals surface area contributed by atoms with Crippen LogP contribution >= 0.6 is 0 Å². The molecule has 0 radical (unpaired) electrons. The minimum atomic E-state index is -0.379. The van der Waals surface area contributed by atoms with E-state index in [0.717, 1.165) is 6.20 Å². The SMILES string of the molecule is O=c1cnc2cncnc2[n-]1.[Na+]. The fourth-order valence-electron chi connectivity index (χ4n) is 0.751. The standard InChI is InChI=1S/C6H4N4O.Na/c11-5-2-8-4-1-7-3-9-6(4)10-5;/h1-3H,(H,7,9,10,11);/q;+1/p-1. The summed E-state index contributed by atoms with van der Waals surface area (Å²) in [5, 5.41) is 0. The fourth-order valence-corrected chi connectivity index (χ4v) is 0.751. The van der Waals surface area contributed by atoms with E-state index >= 15 is 0 Å². The Kier molecular flexibility index (Phi) is 2.91. The van der Waals surface area contributed by atoms with Gasteiger partial charge < -0.3 is 9.97 Å². The molecule has 0 saturated heterocycles. The average Bonchev–Trinajstić information content (AvgIpc) is 2.04. The van der Waals surface area contributed by atoms with Crippen LogP contribution < -0.4 is 40.1 Å². The number of aromatic nitrogens is 4. The molecule has 2 aromatic heterocycles. The van der Waals surface area contributed by atoms with Gasteiger partial charge in [0.05, 0.1) is 17.9 Å². The molecule has 0 aliphatic carbocycles. The first-order valence-corrected chi connectivity index (χ1v) is 2.96. The van der Waals surface area contributed by atoms with Crippen molar-refractivity contribution in [2.45, 2.75) is 0 Å². The molecule has 2 heterocycles. The van der Waals surface area contributed by atoms with E-state index in [9.17, 15) is 4.79 Å². The molecule has 2 rings (SSSR count). The van der Waals surface area contributed by atoms with Crippen LogP contribution in [-0.2, 0) is 0 Å². The summed E-state index contributed by atoms with van der Waals surface area (Å²) >= 11 is 0. The third kappa shape index (κ3) is 1.69. The molecule has 12 heavy (non-hydrogen) atoms. The van der Waals surface area contributed by atoms with Gasteiger partial charge in [-0.3, -0.25) is 14.8 Å². The zero-order valence-electron chi connectivity index (χ0n) is 6.43. The molecule has 0 aromatic carbocycles. The average molecular weight is 170 g/mol. The molecule has 0 bridgehead atoms. The molecule has 0 amide bonds. The normalized spacial score (nSPS) is 9.33. The number of fused-ring (bicyclic) bond motifs is 1. The summed E-state index contributed by atoms with van der Waals surface area (Å²) in [5.41, 5.74) is 0.496. The van der Waals surface area contributed by atoms with E-state index in [1.165, 1.54) is 12.5 Å². The third-order valence-electron chi connectivity index (χ3n) is 1.20. The van der Waals surface area contributed by atoms with Crippen molar-refractivity contribution in [2.24, 2.45) is 0 Å². The zero-order chi connectivity index (χ0) is 7.68. The van der Waals surface area contributed by atoms with Gasteiger partial charge in [-0.25, -0.2) is 0 Å². The molecule has 0 aliphatic heterocycles. The summed E-state index contributed by atoms with van der Waals surface area (Å²) in [7, 11) is 0. The van der Waals surface area contributed by atoms with Crippen molar-refractivity contribution in [2.75, 3.05) is 0 Å². The Bertz CT molecular complexity index is 440. The molecular weight excluding hydrogens is 167 g/mol. The maximum Gasteiger partial charge on any atom is 1.00 e. The Labute approximate surface area is 89.6 Å². The van der Waals surface area contributed by atoms with Crippen molar-refractivity contribution in [3.05, 3.63) is 29.1 Å². The molecule has 0 spiro atoms. The van der Waals surface area contributed by atoms with E-state index < -0.39 is 0 Å². The Balaban J connectivity index is 0.000000720. The van der Waals surface area contributed by atoms with Gasteiger partial charge in [0.1, 0.15) is 0 Å². The molecule has 0 atom stereocenters. The van der Waals surface area contributed by atoms with Crippen LogP contribution in [0.3, 0.4) is 0 Å². The maximum absolute atomic E-state index is 10.6. The van der Waals surface area contributed by atoms with Gasteiger partial charge in [-0.05, 0) is 5.65 Å². The van der Waals surface area contributed by atoms with E-state index in [4.69, 9.17) is 0 Å². The number of rotatable bonds is 0. The summed E-state index contributed by atoms with van der Waals surface area (Å²) in [6, 6.07) is 0. The summed E-state index contributed by atoms with van der Waals surface area (Å²) in [4.78, 5) is 25.5. The number of hydrogen-bond donors (Lipinski definition) is 0. The van der Waals surface area contributed by atoms with E-state index in [-0.39, 0.29) is 35.1 Å². The van der Waals surface area contributed by atoms with E-state index in [2.05, 4.69) is 19.9 Å². The van der Waals surface area contributed by atoms with Crippen molar-refractivity contribution >= 4 is 11.2 Å². The van der Waals surface area contributed by atoms with Crippen LogP contribution in [0.1, 0.15) is 0 Å². The maximum atomic E-state index is 10.6. The second-order valence-corrected chi connectivity index (χ2v) is 1.94. The quantitative estimate of drug-likeness (QED) is 0.381. The summed E-state index contributed by atoms with van der Waals surface area (Å²) in [6.07, 6.45) is 3.98. The van der Waals surface area contributed by atoms with E-state index in [1.54, 1.807) is 0 Å². The summed E-state index contributed by atoms with van der Waals surface area (Å²) < 4.78 is 0. The molecule has 0 unspecified atom stereocenters. The van der Waals surface area contributed by atoms with Gasteiger partial charge in [0.25, 0.3) is 0 Å². The van der Waals surface area contributed by atoms with Gasteiger partial charge in [0.2, 0.25) is 0 Å². The van der Waals surface area contributed by atoms with Gasteiger partial charge in [-0.15, -0.1) is 0 Å². The van der Waals surface area contributed by atoms with Gasteiger partial charge in [0, 0.05) is 6.33 Å². The topological polar surface area (TPSA) is 69.8 Å². The molecule has 6 heteroatoms. The summed E-state index contributed by atoms with van der Waals surface area (Å²) in [5.74, 6) is 0. The van der Waals surface area contributed by atoms with Crippen LogP contribution in [0, 0.1) is 0 Å². The molecule has 0 N–H and O–H groups in total. The minimum absolute atomic E-state index is 0. The molecule has 2 aromatic rings.